The van der Waals surface area contributed by atoms with Gasteiger partial charge in [0, 0.05) is 23.8 Å². The minimum atomic E-state index is 0.119. The van der Waals surface area contributed by atoms with Gasteiger partial charge in [-0.15, -0.1) is 0 Å². The fourth-order valence-corrected chi connectivity index (χ4v) is 1.51. The van der Waals surface area contributed by atoms with E-state index in [2.05, 4.69) is 57.9 Å². The molecular formula is C16H28N2O. The molecule has 19 heavy (non-hydrogen) atoms. The van der Waals surface area contributed by atoms with Crippen LogP contribution < -0.4 is 10.1 Å². The van der Waals surface area contributed by atoms with Crippen molar-refractivity contribution in [2.24, 2.45) is 5.92 Å². The normalized spacial score (nSPS) is 13.7. The van der Waals surface area contributed by atoms with Crippen molar-refractivity contribution in [2.75, 3.05) is 0 Å². The van der Waals surface area contributed by atoms with Crippen molar-refractivity contribution >= 4 is 0 Å². The molecule has 3 heteroatoms. The van der Waals surface area contributed by atoms with Gasteiger partial charge in [0.1, 0.15) is 0 Å². The van der Waals surface area contributed by atoms with Gasteiger partial charge in [0.15, 0.2) is 0 Å². The fourth-order valence-electron chi connectivity index (χ4n) is 1.51. The van der Waals surface area contributed by atoms with Crippen LogP contribution >= 0.6 is 0 Å². The first kappa shape index (κ1) is 16.0. The maximum absolute atomic E-state index is 5.83. The second-order valence-electron chi connectivity index (χ2n) is 6.56. The van der Waals surface area contributed by atoms with Gasteiger partial charge in [0.05, 0.1) is 6.10 Å². The topological polar surface area (TPSA) is 34.1 Å². The predicted octanol–water partition coefficient (Wildman–Crippen LogP) is 3.70. The molecule has 1 unspecified atom stereocenters. The van der Waals surface area contributed by atoms with Crippen LogP contribution in [-0.4, -0.2) is 16.6 Å². The Labute approximate surface area is 117 Å². The van der Waals surface area contributed by atoms with Gasteiger partial charge < -0.3 is 10.1 Å². The highest BCUT2D eigenvalue weighted by atomic mass is 16.5. The van der Waals surface area contributed by atoms with Gasteiger partial charge in [-0.3, -0.25) is 0 Å². The molecule has 1 rings (SSSR count). The van der Waals surface area contributed by atoms with Crippen LogP contribution in [0.2, 0.25) is 0 Å². The van der Waals surface area contributed by atoms with Crippen LogP contribution in [0.4, 0.5) is 0 Å². The third-order valence-electron chi connectivity index (χ3n) is 3.22. The van der Waals surface area contributed by atoms with Gasteiger partial charge in [0.25, 0.3) is 0 Å². The number of aromatic nitrogens is 1. The second-order valence-corrected chi connectivity index (χ2v) is 6.56. The lowest BCUT2D eigenvalue weighted by molar-refractivity contribution is 0.163. The lowest BCUT2D eigenvalue weighted by Crippen LogP contribution is -2.35. The molecule has 0 fully saturated rings. The van der Waals surface area contributed by atoms with Crippen molar-refractivity contribution in [3.05, 3.63) is 23.4 Å². The Kier molecular flexibility index (Phi) is 5.36. The molecule has 0 aliphatic heterocycles. The molecule has 0 bridgehead atoms. The summed E-state index contributed by atoms with van der Waals surface area (Å²) in [5, 5.41) is 3.48. The van der Waals surface area contributed by atoms with Crippen molar-refractivity contribution in [1.29, 1.82) is 0 Å². The molecule has 0 aromatic carbocycles. The van der Waals surface area contributed by atoms with E-state index in [4.69, 9.17) is 4.74 Å². The Morgan fingerprint density at radius 3 is 2.32 bits per heavy atom. The molecule has 0 radical (unpaired) electrons. The van der Waals surface area contributed by atoms with Gasteiger partial charge >= 0.3 is 0 Å². The molecule has 1 heterocycles. The molecule has 0 aliphatic carbocycles. The first-order valence-corrected chi connectivity index (χ1v) is 7.07. The Bertz CT molecular complexity index is 408. The Morgan fingerprint density at radius 2 is 1.84 bits per heavy atom. The highest BCUT2D eigenvalue weighted by Crippen LogP contribution is 2.16. The minimum Gasteiger partial charge on any atom is -0.474 e. The predicted molar refractivity (Wildman–Crippen MR) is 80.5 cm³/mol. The zero-order chi connectivity index (χ0) is 14.6. The van der Waals surface area contributed by atoms with Gasteiger partial charge in [-0.05, 0) is 46.1 Å². The average Bonchev–Trinajstić information content (AvgIpc) is 2.26. The molecule has 0 saturated heterocycles. The standard InChI is InChI=1S/C16H28N2O/c1-11(2)13(4)19-15-9-8-14(12(3)18-15)10-17-16(5,6)7/h8-9,11,13,17H,10H2,1-7H3. The minimum absolute atomic E-state index is 0.119. The van der Waals surface area contributed by atoms with E-state index in [1.165, 1.54) is 5.56 Å². The Morgan fingerprint density at radius 1 is 1.21 bits per heavy atom. The van der Waals surface area contributed by atoms with E-state index in [0.29, 0.717) is 5.92 Å². The molecule has 1 aromatic rings. The maximum atomic E-state index is 5.83. The summed E-state index contributed by atoms with van der Waals surface area (Å²) in [6.07, 6.45) is 0.186. The summed E-state index contributed by atoms with van der Waals surface area (Å²) < 4.78 is 5.83. The molecular weight excluding hydrogens is 236 g/mol. The number of rotatable bonds is 5. The Balaban J connectivity index is 2.69. The van der Waals surface area contributed by atoms with E-state index in [9.17, 15) is 0 Å². The van der Waals surface area contributed by atoms with Crippen LogP contribution in [0.25, 0.3) is 0 Å². The lowest BCUT2D eigenvalue weighted by Gasteiger charge is -2.22. The number of nitrogens with one attached hydrogen (secondary N) is 1. The SMILES string of the molecule is Cc1nc(OC(C)C(C)C)ccc1CNC(C)(C)C. The lowest BCUT2D eigenvalue weighted by atomic mass is 10.1. The molecule has 0 aliphatic rings. The zero-order valence-electron chi connectivity index (χ0n) is 13.4. The third kappa shape index (κ3) is 5.60. The number of nitrogens with zero attached hydrogens (tertiary/aromatic N) is 1. The first-order valence-electron chi connectivity index (χ1n) is 7.07. The van der Waals surface area contributed by atoms with E-state index >= 15 is 0 Å². The van der Waals surface area contributed by atoms with E-state index in [1.54, 1.807) is 0 Å². The molecule has 1 aromatic heterocycles. The van der Waals surface area contributed by atoms with Crippen LogP contribution in [0.1, 0.15) is 52.8 Å². The van der Waals surface area contributed by atoms with E-state index in [-0.39, 0.29) is 11.6 Å². The molecule has 1 atom stereocenters. The van der Waals surface area contributed by atoms with Crippen LogP contribution in [0.3, 0.4) is 0 Å². The van der Waals surface area contributed by atoms with Crippen LogP contribution in [0.15, 0.2) is 12.1 Å². The Hall–Kier alpha value is -1.09. The summed E-state index contributed by atoms with van der Waals surface area (Å²) in [6, 6.07) is 4.06. The molecule has 0 spiro atoms. The molecule has 108 valence electrons. The number of hydrogen-bond acceptors (Lipinski definition) is 3. The van der Waals surface area contributed by atoms with Crippen LogP contribution in [0.5, 0.6) is 5.88 Å². The maximum Gasteiger partial charge on any atom is 0.213 e. The van der Waals surface area contributed by atoms with Crippen molar-refractivity contribution in [2.45, 2.75) is 66.7 Å². The number of hydrogen-bond donors (Lipinski definition) is 1. The summed E-state index contributed by atoms with van der Waals surface area (Å²) in [6.45, 7) is 15.7. The van der Waals surface area contributed by atoms with Crippen molar-refractivity contribution < 1.29 is 4.74 Å². The second kappa shape index (κ2) is 6.38. The van der Waals surface area contributed by atoms with E-state index < -0.39 is 0 Å². The summed E-state index contributed by atoms with van der Waals surface area (Å²) in [4.78, 5) is 4.53. The summed E-state index contributed by atoms with van der Waals surface area (Å²) in [5.74, 6) is 1.21. The molecule has 0 amide bonds. The fraction of sp³-hybridized carbons (Fsp3) is 0.688. The van der Waals surface area contributed by atoms with E-state index in [0.717, 1.165) is 18.1 Å². The van der Waals surface area contributed by atoms with Crippen molar-refractivity contribution in [3.63, 3.8) is 0 Å². The monoisotopic (exact) mass is 264 g/mol. The average molecular weight is 264 g/mol. The van der Waals surface area contributed by atoms with Gasteiger partial charge in [0.2, 0.25) is 5.88 Å². The smallest absolute Gasteiger partial charge is 0.213 e. The first-order chi connectivity index (χ1) is 8.69. The molecule has 1 N–H and O–H groups in total. The highest BCUT2D eigenvalue weighted by molar-refractivity contribution is 5.25. The third-order valence-corrected chi connectivity index (χ3v) is 3.22. The van der Waals surface area contributed by atoms with Gasteiger partial charge in [-0.25, -0.2) is 4.98 Å². The quantitative estimate of drug-likeness (QED) is 0.880. The van der Waals surface area contributed by atoms with Crippen molar-refractivity contribution in [1.82, 2.24) is 10.3 Å². The summed E-state index contributed by atoms with van der Waals surface area (Å²) in [7, 11) is 0. The summed E-state index contributed by atoms with van der Waals surface area (Å²) >= 11 is 0. The van der Waals surface area contributed by atoms with Gasteiger partial charge in [-0.2, -0.15) is 0 Å². The number of pyridine rings is 1. The van der Waals surface area contributed by atoms with Gasteiger partial charge in [-0.1, -0.05) is 19.9 Å². The number of aryl methyl sites for hydroxylation is 1. The van der Waals surface area contributed by atoms with E-state index in [1.807, 2.05) is 13.0 Å². The largest absolute Gasteiger partial charge is 0.474 e. The molecule has 0 saturated carbocycles. The molecule has 3 nitrogen and oxygen atoms in total. The van der Waals surface area contributed by atoms with Crippen molar-refractivity contribution in [3.8, 4) is 5.88 Å². The van der Waals surface area contributed by atoms with Crippen LogP contribution in [-0.2, 0) is 6.54 Å². The number of ether oxygens (including phenoxy) is 1. The zero-order valence-corrected chi connectivity index (χ0v) is 13.4. The van der Waals surface area contributed by atoms with Crippen LogP contribution in [0, 0.1) is 12.8 Å². The summed E-state index contributed by atoms with van der Waals surface area (Å²) in [5.41, 5.74) is 2.37. The highest BCUT2D eigenvalue weighted by Gasteiger charge is 2.12.